The molecule has 1 aliphatic rings. The number of carbonyl (C=O) groups excluding carboxylic acids is 1. The Kier molecular flexibility index (Phi) is 4.22. The topological polar surface area (TPSA) is 81.5 Å². The van der Waals surface area contributed by atoms with Gasteiger partial charge in [0, 0.05) is 0 Å². The maximum absolute atomic E-state index is 13.3. The number of hydrogen-bond donors (Lipinski definition) is 1. The Balaban J connectivity index is 2.24. The average Bonchev–Trinajstić information content (AvgIpc) is 3.04. The second-order valence-corrected chi connectivity index (χ2v) is 5.62. The molecular formula is C18H15FN2O4. The third-order valence-electron chi connectivity index (χ3n) is 4.33. The lowest BCUT2D eigenvalue weighted by Gasteiger charge is -2.33. The number of methoxy groups -OCH3 is 1. The molecule has 1 N–H and O–H groups in total. The van der Waals surface area contributed by atoms with Crippen LogP contribution in [0.25, 0.3) is 0 Å². The monoisotopic (exact) mass is 342 g/mol. The number of esters is 1. The van der Waals surface area contributed by atoms with Gasteiger partial charge < -0.3 is 10.1 Å². The zero-order valence-electron chi connectivity index (χ0n) is 13.3. The Morgan fingerprint density at radius 1 is 1.20 bits per heavy atom. The molecule has 1 heterocycles. The Morgan fingerprint density at radius 3 is 2.40 bits per heavy atom. The van der Waals surface area contributed by atoms with Crippen molar-refractivity contribution in [1.82, 2.24) is 5.32 Å². The predicted molar refractivity (Wildman–Crippen MR) is 87.5 cm³/mol. The lowest BCUT2D eigenvalue weighted by atomic mass is 9.75. The molecule has 6 nitrogen and oxygen atoms in total. The fourth-order valence-electron chi connectivity index (χ4n) is 3.22. The standard InChI is InChI=1S/C18H15FN2O4/c1-25-17(22)18(13-5-3-2-4-6-13)16(15(11-20-18)21(23)24)12-7-9-14(19)10-8-12/h2-11,16,20H,1H3/t16-,18-/m0/s1. The molecule has 0 bridgehead atoms. The smallest absolute Gasteiger partial charge is 0.337 e. The number of benzene rings is 2. The fraction of sp³-hybridized carbons (Fsp3) is 0.167. The molecule has 7 heteroatoms. The summed E-state index contributed by atoms with van der Waals surface area (Å²) in [6, 6.07) is 13.9. The summed E-state index contributed by atoms with van der Waals surface area (Å²) in [5.41, 5.74) is -0.746. The van der Waals surface area contributed by atoms with E-state index in [1.807, 2.05) is 0 Å². The van der Waals surface area contributed by atoms with E-state index >= 15 is 0 Å². The predicted octanol–water partition coefficient (Wildman–Crippen LogP) is 2.70. The van der Waals surface area contributed by atoms with Gasteiger partial charge in [-0.05, 0) is 23.3 Å². The van der Waals surface area contributed by atoms with Crippen LogP contribution in [0.1, 0.15) is 17.0 Å². The Bertz CT molecular complexity index is 836. The van der Waals surface area contributed by atoms with Crippen LogP contribution in [0.2, 0.25) is 0 Å². The molecule has 0 fully saturated rings. The second kappa shape index (κ2) is 6.35. The summed E-state index contributed by atoms with van der Waals surface area (Å²) in [6.45, 7) is 0. The number of nitro groups is 1. The molecule has 128 valence electrons. The van der Waals surface area contributed by atoms with Gasteiger partial charge in [-0.2, -0.15) is 0 Å². The molecule has 2 aromatic carbocycles. The van der Waals surface area contributed by atoms with Crippen LogP contribution in [0.3, 0.4) is 0 Å². The van der Waals surface area contributed by atoms with Gasteiger partial charge in [0.25, 0.3) is 5.70 Å². The highest BCUT2D eigenvalue weighted by molar-refractivity contribution is 5.86. The van der Waals surface area contributed by atoms with Crippen molar-refractivity contribution >= 4 is 5.97 Å². The SMILES string of the molecule is COC(=O)[C@@]1(c2ccccc2)NC=C([N+](=O)[O-])[C@@H]1c1ccc(F)cc1. The van der Waals surface area contributed by atoms with Crippen LogP contribution in [0.5, 0.6) is 0 Å². The molecule has 0 aromatic heterocycles. The molecule has 0 saturated heterocycles. The van der Waals surface area contributed by atoms with Crippen molar-refractivity contribution < 1.29 is 18.8 Å². The summed E-state index contributed by atoms with van der Waals surface area (Å²) in [6.07, 6.45) is 1.21. The third-order valence-corrected chi connectivity index (χ3v) is 4.33. The molecule has 0 radical (unpaired) electrons. The molecule has 25 heavy (non-hydrogen) atoms. The molecule has 2 atom stereocenters. The van der Waals surface area contributed by atoms with Gasteiger partial charge in [0.15, 0.2) is 5.54 Å². The number of hydrogen-bond acceptors (Lipinski definition) is 5. The molecule has 0 aliphatic carbocycles. The van der Waals surface area contributed by atoms with Crippen molar-refractivity contribution in [3.05, 3.63) is 93.6 Å². The second-order valence-electron chi connectivity index (χ2n) is 5.62. The lowest BCUT2D eigenvalue weighted by Crippen LogP contribution is -2.49. The van der Waals surface area contributed by atoms with Crippen LogP contribution in [0.15, 0.2) is 66.5 Å². The van der Waals surface area contributed by atoms with Gasteiger partial charge in [0.1, 0.15) is 11.7 Å². The quantitative estimate of drug-likeness (QED) is 0.525. The van der Waals surface area contributed by atoms with E-state index in [4.69, 9.17) is 4.74 Å². The van der Waals surface area contributed by atoms with Gasteiger partial charge >= 0.3 is 5.97 Å². The Labute approximate surface area is 143 Å². The van der Waals surface area contributed by atoms with Crippen LogP contribution in [0.4, 0.5) is 4.39 Å². The number of carbonyl (C=O) groups is 1. The van der Waals surface area contributed by atoms with E-state index < -0.39 is 28.2 Å². The van der Waals surface area contributed by atoms with E-state index in [0.717, 1.165) is 0 Å². The minimum absolute atomic E-state index is 0.194. The zero-order chi connectivity index (χ0) is 18.0. The summed E-state index contributed by atoms with van der Waals surface area (Å²) in [5.74, 6) is -2.11. The number of nitrogens with zero attached hydrogens (tertiary/aromatic N) is 1. The Hall–Kier alpha value is -3.22. The molecule has 0 unspecified atom stereocenters. The normalized spacial score (nSPS) is 22.0. The highest BCUT2D eigenvalue weighted by Crippen LogP contribution is 2.46. The summed E-state index contributed by atoms with van der Waals surface area (Å²) < 4.78 is 18.3. The molecule has 0 amide bonds. The van der Waals surface area contributed by atoms with Gasteiger partial charge in [-0.15, -0.1) is 0 Å². The molecule has 0 saturated carbocycles. The molecule has 1 aliphatic heterocycles. The van der Waals surface area contributed by atoms with Crippen molar-refractivity contribution in [1.29, 1.82) is 0 Å². The van der Waals surface area contributed by atoms with Gasteiger partial charge in [-0.25, -0.2) is 9.18 Å². The first-order chi connectivity index (χ1) is 12.0. The van der Waals surface area contributed by atoms with Crippen LogP contribution in [-0.2, 0) is 15.1 Å². The van der Waals surface area contributed by atoms with Crippen LogP contribution >= 0.6 is 0 Å². The van der Waals surface area contributed by atoms with Gasteiger partial charge in [0.2, 0.25) is 0 Å². The highest BCUT2D eigenvalue weighted by atomic mass is 19.1. The number of nitrogens with one attached hydrogen (secondary N) is 1. The summed E-state index contributed by atoms with van der Waals surface area (Å²) in [4.78, 5) is 23.7. The van der Waals surface area contributed by atoms with E-state index in [0.29, 0.717) is 11.1 Å². The van der Waals surface area contributed by atoms with Gasteiger partial charge in [-0.1, -0.05) is 42.5 Å². The fourth-order valence-corrected chi connectivity index (χ4v) is 3.22. The van der Waals surface area contributed by atoms with E-state index in [2.05, 4.69) is 5.32 Å². The first kappa shape index (κ1) is 16.6. The maximum atomic E-state index is 13.3. The third kappa shape index (κ3) is 2.63. The van der Waals surface area contributed by atoms with Crippen molar-refractivity contribution in [3.63, 3.8) is 0 Å². The minimum Gasteiger partial charge on any atom is -0.467 e. The van der Waals surface area contributed by atoms with Gasteiger partial charge in [0.05, 0.1) is 18.2 Å². The molecule has 0 spiro atoms. The van der Waals surface area contributed by atoms with Crippen molar-refractivity contribution in [2.45, 2.75) is 11.5 Å². The Morgan fingerprint density at radius 2 is 1.84 bits per heavy atom. The van der Waals surface area contributed by atoms with Crippen LogP contribution < -0.4 is 5.32 Å². The summed E-state index contributed by atoms with van der Waals surface area (Å²) in [7, 11) is 1.22. The maximum Gasteiger partial charge on any atom is 0.337 e. The minimum atomic E-state index is -1.50. The van der Waals surface area contributed by atoms with Crippen molar-refractivity contribution in [2.75, 3.05) is 7.11 Å². The highest BCUT2D eigenvalue weighted by Gasteiger charge is 2.57. The van der Waals surface area contributed by atoms with Gasteiger partial charge in [-0.3, -0.25) is 10.1 Å². The number of ether oxygens (including phenoxy) is 1. The van der Waals surface area contributed by atoms with E-state index in [1.165, 1.54) is 37.6 Å². The summed E-state index contributed by atoms with van der Waals surface area (Å²) in [5, 5.41) is 14.4. The zero-order valence-corrected chi connectivity index (χ0v) is 13.3. The molecule has 2 aromatic rings. The van der Waals surface area contributed by atoms with E-state index in [1.54, 1.807) is 30.3 Å². The lowest BCUT2D eigenvalue weighted by molar-refractivity contribution is -0.430. The van der Waals surface area contributed by atoms with E-state index in [-0.39, 0.29) is 5.70 Å². The number of halogens is 1. The molecular weight excluding hydrogens is 327 g/mol. The van der Waals surface area contributed by atoms with E-state index in [9.17, 15) is 19.3 Å². The van der Waals surface area contributed by atoms with Crippen molar-refractivity contribution in [2.24, 2.45) is 0 Å². The summed E-state index contributed by atoms with van der Waals surface area (Å²) >= 11 is 0. The van der Waals surface area contributed by atoms with Crippen molar-refractivity contribution in [3.8, 4) is 0 Å². The van der Waals surface area contributed by atoms with Crippen LogP contribution in [-0.4, -0.2) is 18.0 Å². The largest absolute Gasteiger partial charge is 0.467 e. The van der Waals surface area contributed by atoms with Crippen LogP contribution in [0, 0.1) is 15.9 Å². The number of rotatable bonds is 4. The first-order valence-corrected chi connectivity index (χ1v) is 7.52. The molecule has 3 rings (SSSR count). The average molecular weight is 342 g/mol. The first-order valence-electron chi connectivity index (χ1n) is 7.52.